The van der Waals surface area contributed by atoms with Crippen LogP contribution in [0.5, 0.6) is 11.5 Å². The molecule has 5 fully saturated rings. The molecule has 5 saturated heterocycles. The van der Waals surface area contributed by atoms with E-state index in [0.29, 0.717) is 53.5 Å². The fourth-order valence-electron chi connectivity index (χ4n) is 12.3. The van der Waals surface area contributed by atoms with E-state index in [0.717, 1.165) is 145 Å². The highest BCUT2D eigenvalue weighted by Crippen LogP contribution is 2.41. The number of benzene rings is 3. The van der Waals surface area contributed by atoms with Gasteiger partial charge in [0.1, 0.15) is 34.6 Å². The second-order valence-corrected chi connectivity index (χ2v) is 20.0. The van der Waals surface area contributed by atoms with E-state index in [2.05, 4.69) is 41.2 Å². The monoisotopic (exact) mass is 937 g/mol. The number of amides is 6. The molecule has 0 saturated carbocycles. The number of aromatic nitrogens is 2. The number of carbonyl (C=O) groups is 5. The number of hydrogen-bond donors (Lipinski definition) is 3. The maximum Gasteiger partial charge on any atom is 0.320 e. The number of piperidine rings is 4. The van der Waals surface area contributed by atoms with Gasteiger partial charge in [-0.25, -0.2) is 9.48 Å². The maximum absolute atomic E-state index is 13.8. The number of hydrogen-bond acceptors (Lipinski definition) is 11. The highest BCUT2D eigenvalue weighted by atomic mass is 16.5. The minimum atomic E-state index is -0.611. The smallest absolute Gasteiger partial charge is 0.320 e. The third kappa shape index (κ3) is 9.02. The van der Waals surface area contributed by atoms with E-state index >= 15 is 0 Å². The Hall–Kier alpha value is -6.46. The predicted molar refractivity (Wildman–Crippen MR) is 260 cm³/mol. The standard InChI is InChI=1S/C52H63N11O6/c53-48(65)46-47(35-6-9-41(10-7-35)69-40-4-2-1-3-5-40)56-63-43(14-21-54-49(46)63)34-15-22-57(23-16-34)37-17-24-60(25-18-37)52(68)61-26-19-38(20-27-61)58-28-30-59(31-29-58)39-8-11-42-36(32-39)33-62(51(42)67)44-12-13-45(64)55-50(44)66/h1-11,32,34,37-38,43-44,54H,12-31,33H2,(H2,53,65)(H,55,64,66). The molecule has 0 spiro atoms. The first kappa shape index (κ1) is 45.0. The van der Waals surface area contributed by atoms with Crippen molar-refractivity contribution in [3.63, 3.8) is 0 Å². The van der Waals surface area contributed by atoms with Crippen LogP contribution in [0.25, 0.3) is 11.3 Å². The van der Waals surface area contributed by atoms with Crippen molar-refractivity contribution in [3.05, 3.63) is 89.5 Å². The van der Waals surface area contributed by atoms with Crippen LogP contribution in [-0.2, 0) is 16.1 Å². The molecule has 69 heavy (non-hydrogen) atoms. The summed E-state index contributed by atoms with van der Waals surface area (Å²) >= 11 is 0. The highest BCUT2D eigenvalue weighted by molar-refractivity contribution is 6.06. The molecule has 362 valence electrons. The maximum atomic E-state index is 13.8. The third-order valence-electron chi connectivity index (χ3n) is 16.1. The van der Waals surface area contributed by atoms with Gasteiger partial charge in [-0.2, -0.15) is 5.10 Å². The minimum Gasteiger partial charge on any atom is -0.457 e. The van der Waals surface area contributed by atoms with E-state index in [1.807, 2.05) is 71.4 Å². The lowest BCUT2D eigenvalue weighted by Crippen LogP contribution is -2.56. The lowest BCUT2D eigenvalue weighted by Gasteiger charge is -2.46. The van der Waals surface area contributed by atoms with Crippen molar-refractivity contribution in [2.24, 2.45) is 11.7 Å². The number of para-hydroxylation sites is 1. The first-order valence-corrected chi connectivity index (χ1v) is 25.2. The van der Waals surface area contributed by atoms with Crippen LogP contribution in [0.2, 0.25) is 0 Å². The summed E-state index contributed by atoms with van der Waals surface area (Å²) in [6.45, 7) is 10.0. The quantitative estimate of drug-likeness (QED) is 0.189. The molecule has 4 N–H and O–H groups in total. The van der Waals surface area contributed by atoms with Gasteiger partial charge >= 0.3 is 6.03 Å². The fraction of sp³-hybridized carbons (Fsp3) is 0.500. The van der Waals surface area contributed by atoms with E-state index < -0.39 is 11.9 Å². The molecule has 2 atom stereocenters. The Bertz CT molecular complexity index is 2570. The molecule has 3 aromatic carbocycles. The number of nitrogens with zero attached hydrogens (tertiary/aromatic N) is 8. The minimum absolute atomic E-state index is 0.144. The number of carbonyl (C=O) groups excluding carboxylic acids is 5. The van der Waals surface area contributed by atoms with E-state index in [9.17, 15) is 24.0 Å². The summed E-state index contributed by atoms with van der Waals surface area (Å²) in [6, 6.07) is 24.0. The largest absolute Gasteiger partial charge is 0.457 e. The highest BCUT2D eigenvalue weighted by Gasteiger charge is 2.41. The summed E-state index contributed by atoms with van der Waals surface area (Å²) < 4.78 is 8.05. The van der Waals surface area contributed by atoms with Gasteiger partial charge in [-0.05, 0) is 131 Å². The SMILES string of the molecule is NC(=O)c1c(-c2ccc(Oc3ccccc3)cc2)nn2c1NCCC2C1CCN(C2CCN(C(=O)N3CCC(N4CCN(c5ccc6c(c5)CN(C5CCC(=O)NC5=O)C6=O)CC4)CC3)CC2)CC1. The first-order valence-electron chi connectivity index (χ1n) is 25.2. The fourth-order valence-corrected chi connectivity index (χ4v) is 12.3. The second-order valence-electron chi connectivity index (χ2n) is 20.0. The molecule has 8 heterocycles. The van der Waals surface area contributed by atoms with Gasteiger partial charge in [0.15, 0.2) is 0 Å². The summed E-state index contributed by atoms with van der Waals surface area (Å²) in [4.78, 5) is 77.6. The van der Waals surface area contributed by atoms with Gasteiger partial charge in [-0.1, -0.05) is 18.2 Å². The van der Waals surface area contributed by atoms with Crippen LogP contribution in [-0.4, -0.2) is 154 Å². The van der Waals surface area contributed by atoms with Crippen LogP contribution in [0, 0.1) is 5.92 Å². The number of piperazine rings is 1. The van der Waals surface area contributed by atoms with Crippen LogP contribution >= 0.6 is 0 Å². The average Bonchev–Trinajstić information content (AvgIpc) is 3.94. The van der Waals surface area contributed by atoms with Gasteiger partial charge in [0.05, 0.1) is 6.04 Å². The van der Waals surface area contributed by atoms with Crippen molar-refractivity contribution in [1.82, 2.24) is 39.6 Å². The Kier molecular flexibility index (Phi) is 12.5. The third-order valence-corrected chi connectivity index (χ3v) is 16.1. The first-order chi connectivity index (χ1) is 33.6. The van der Waals surface area contributed by atoms with Gasteiger partial charge in [-0.3, -0.25) is 29.4 Å². The summed E-state index contributed by atoms with van der Waals surface area (Å²) in [7, 11) is 0. The molecule has 0 aliphatic carbocycles. The summed E-state index contributed by atoms with van der Waals surface area (Å²) in [5.74, 6) is 1.31. The number of likely N-dealkylation sites (tertiary alicyclic amines) is 3. The van der Waals surface area contributed by atoms with Gasteiger partial charge < -0.3 is 40.3 Å². The summed E-state index contributed by atoms with van der Waals surface area (Å²) in [5, 5.41) is 10.9. The molecule has 11 rings (SSSR count). The average molecular weight is 938 g/mol. The number of anilines is 2. The van der Waals surface area contributed by atoms with E-state index in [1.54, 1.807) is 4.90 Å². The number of nitrogens with one attached hydrogen (secondary N) is 2. The number of ether oxygens (including phenoxy) is 1. The number of imide groups is 1. The molecule has 1 aromatic heterocycles. The van der Waals surface area contributed by atoms with Gasteiger partial charge in [0, 0.05) is 101 Å². The Balaban J connectivity index is 0.623. The van der Waals surface area contributed by atoms with Crippen LogP contribution < -0.4 is 26.0 Å². The van der Waals surface area contributed by atoms with Gasteiger partial charge in [0.2, 0.25) is 11.8 Å². The van der Waals surface area contributed by atoms with E-state index in [4.69, 9.17) is 15.6 Å². The lowest BCUT2D eigenvalue weighted by molar-refractivity contribution is -0.136. The number of primary amides is 1. The molecule has 6 amide bonds. The normalized spacial score (nSPS) is 23.4. The predicted octanol–water partition coefficient (Wildman–Crippen LogP) is 5.14. The van der Waals surface area contributed by atoms with Crippen LogP contribution in [0.15, 0.2) is 72.8 Å². The topological polar surface area (TPSA) is 182 Å². The molecule has 0 bridgehead atoms. The van der Waals surface area contributed by atoms with E-state index in [1.165, 1.54) is 0 Å². The number of rotatable bonds is 9. The van der Waals surface area contributed by atoms with Crippen LogP contribution in [0.3, 0.4) is 0 Å². The molecule has 17 nitrogen and oxygen atoms in total. The Labute approximate surface area is 402 Å². The molecule has 17 heteroatoms. The van der Waals surface area contributed by atoms with Crippen molar-refractivity contribution < 1.29 is 28.7 Å². The van der Waals surface area contributed by atoms with Crippen molar-refractivity contribution >= 4 is 41.2 Å². The number of fused-ring (bicyclic) bond motifs is 2. The summed E-state index contributed by atoms with van der Waals surface area (Å²) in [6.07, 6.45) is 7.61. The Morgan fingerprint density at radius 2 is 1.35 bits per heavy atom. The molecule has 2 unspecified atom stereocenters. The Morgan fingerprint density at radius 3 is 2.00 bits per heavy atom. The number of urea groups is 1. The molecular weight excluding hydrogens is 875 g/mol. The lowest BCUT2D eigenvalue weighted by atomic mass is 9.85. The van der Waals surface area contributed by atoms with Crippen LogP contribution in [0.1, 0.15) is 90.1 Å². The molecule has 4 aromatic rings. The molecule has 7 aliphatic rings. The van der Waals surface area contributed by atoms with Crippen LogP contribution in [0.4, 0.5) is 16.3 Å². The molecule has 0 radical (unpaired) electrons. The van der Waals surface area contributed by atoms with Crippen molar-refractivity contribution in [3.8, 4) is 22.8 Å². The van der Waals surface area contributed by atoms with Gasteiger partial charge in [0.25, 0.3) is 11.8 Å². The Morgan fingerprint density at radius 1 is 0.696 bits per heavy atom. The van der Waals surface area contributed by atoms with Crippen molar-refractivity contribution in [1.29, 1.82) is 0 Å². The zero-order valence-corrected chi connectivity index (χ0v) is 39.3. The molecular formula is C52H63N11O6. The zero-order chi connectivity index (χ0) is 47.2. The zero-order valence-electron chi connectivity index (χ0n) is 39.3. The van der Waals surface area contributed by atoms with Gasteiger partial charge in [-0.15, -0.1) is 0 Å². The molecule has 7 aliphatic heterocycles. The van der Waals surface area contributed by atoms with E-state index in [-0.39, 0.29) is 36.2 Å². The van der Waals surface area contributed by atoms with Crippen molar-refractivity contribution in [2.45, 2.75) is 88.5 Å². The van der Waals surface area contributed by atoms with Crippen molar-refractivity contribution in [2.75, 3.05) is 82.2 Å². The number of nitrogens with two attached hydrogens (primary N) is 1. The second kappa shape index (κ2) is 19.1. The summed E-state index contributed by atoms with van der Waals surface area (Å²) in [5.41, 5.74) is 10.5.